The van der Waals surface area contributed by atoms with Crippen molar-refractivity contribution in [2.24, 2.45) is 5.73 Å². The highest BCUT2D eigenvalue weighted by atomic mass is 32.2. The molecule has 1 aromatic carbocycles. The molecule has 0 bridgehead atoms. The summed E-state index contributed by atoms with van der Waals surface area (Å²) >= 11 is 0. The minimum atomic E-state index is -3.11. The number of anilines is 1. The van der Waals surface area contributed by atoms with Gasteiger partial charge in [0.2, 0.25) is 0 Å². The highest BCUT2D eigenvalue weighted by molar-refractivity contribution is 7.91. The third kappa shape index (κ3) is 3.71. The second-order valence-electron chi connectivity index (χ2n) is 4.22. The summed E-state index contributed by atoms with van der Waals surface area (Å²) < 4.78 is 23.2. The standard InChI is InChI=1S/C12H20N2O2S/c1-4-17(15,16)12-7-5-11(6-8-12)14-10(3)9(2)13/h5-10,14H,4,13H2,1-3H3. The fourth-order valence-electron chi connectivity index (χ4n) is 1.32. The van der Waals surface area contributed by atoms with E-state index in [1.165, 1.54) is 0 Å². The van der Waals surface area contributed by atoms with Crippen LogP contribution in [0.25, 0.3) is 0 Å². The van der Waals surface area contributed by atoms with Gasteiger partial charge in [-0.3, -0.25) is 0 Å². The molecule has 0 radical (unpaired) electrons. The van der Waals surface area contributed by atoms with Crippen molar-refractivity contribution in [2.75, 3.05) is 11.1 Å². The van der Waals surface area contributed by atoms with Gasteiger partial charge in [0.25, 0.3) is 0 Å². The number of sulfone groups is 1. The molecule has 4 nitrogen and oxygen atoms in total. The number of rotatable bonds is 5. The van der Waals surface area contributed by atoms with Crippen LogP contribution in [0.1, 0.15) is 20.8 Å². The fourth-order valence-corrected chi connectivity index (χ4v) is 2.20. The van der Waals surface area contributed by atoms with E-state index < -0.39 is 9.84 Å². The quantitative estimate of drug-likeness (QED) is 0.840. The first-order chi connectivity index (χ1) is 7.86. The normalized spacial score (nSPS) is 15.3. The minimum absolute atomic E-state index is 0.0362. The molecule has 0 saturated carbocycles. The smallest absolute Gasteiger partial charge is 0.178 e. The van der Waals surface area contributed by atoms with E-state index in [4.69, 9.17) is 5.73 Å². The van der Waals surface area contributed by atoms with Crippen LogP contribution < -0.4 is 11.1 Å². The van der Waals surface area contributed by atoms with Crippen LogP contribution in [0.15, 0.2) is 29.2 Å². The van der Waals surface area contributed by atoms with Gasteiger partial charge in [0.1, 0.15) is 0 Å². The first-order valence-electron chi connectivity index (χ1n) is 5.71. The molecule has 0 heterocycles. The molecule has 0 amide bonds. The monoisotopic (exact) mass is 256 g/mol. The fraction of sp³-hybridized carbons (Fsp3) is 0.500. The van der Waals surface area contributed by atoms with Crippen LogP contribution in [-0.4, -0.2) is 26.3 Å². The zero-order valence-corrected chi connectivity index (χ0v) is 11.3. The average molecular weight is 256 g/mol. The molecule has 0 aliphatic carbocycles. The lowest BCUT2D eigenvalue weighted by atomic mass is 10.2. The van der Waals surface area contributed by atoms with Crippen LogP contribution in [0, 0.1) is 0 Å². The summed E-state index contributed by atoms with van der Waals surface area (Å²) in [6.07, 6.45) is 0. The second kappa shape index (κ2) is 5.51. The predicted octanol–water partition coefficient (Wildman–Crippen LogP) is 1.63. The van der Waals surface area contributed by atoms with Crippen molar-refractivity contribution in [1.82, 2.24) is 0 Å². The molecular formula is C12H20N2O2S. The van der Waals surface area contributed by atoms with Crippen LogP contribution in [0.2, 0.25) is 0 Å². The van der Waals surface area contributed by atoms with Crippen LogP contribution in [0.3, 0.4) is 0 Å². The van der Waals surface area contributed by atoms with Crippen molar-refractivity contribution in [3.63, 3.8) is 0 Å². The highest BCUT2D eigenvalue weighted by Crippen LogP contribution is 2.16. The van der Waals surface area contributed by atoms with Crippen LogP contribution >= 0.6 is 0 Å². The molecule has 0 saturated heterocycles. The largest absolute Gasteiger partial charge is 0.381 e. The van der Waals surface area contributed by atoms with Gasteiger partial charge >= 0.3 is 0 Å². The Morgan fingerprint density at radius 2 is 1.76 bits per heavy atom. The number of hydrogen-bond acceptors (Lipinski definition) is 4. The molecule has 0 aromatic heterocycles. The maximum atomic E-state index is 11.6. The topological polar surface area (TPSA) is 72.2 Å². The zero-order chi connectivity index (χ0) is 13.1. The van der Waals surface area contributed by atoms with Gasteiger partial charge in [0, 0.05) is 17.8 Å². The Morgan fingerprint density at radius 1 is 1.24 bits per heavy atom. The highest BCUT2D eigenvalue weighted by Gasteiger charge is 2.11. The number of benzene rings is 1. The number of nitrogens with one attached hydrogen (secondary N) is 1. The van der Waals surface area contributed by atoms with Crippen molar-refractivity contribution in [3.8, 4) is 0 Å². The molecule has 3 N–H and O–H groups in total. The Balaban J connectivity index is 2.82. The van der Waals surface area contributed by atoms with E-state index in [2.05, 4.69) is 5.32 Å². The Labute approximate surface area is 103 Å². The molecular weight excluding hydrogens is 236 g/mol. The summed E-state index contributed by atoms with van der Waals surface area (Å²) in [6.45, 7) is 5.55. The Bertz CT molecular complexity index is 452. The third-order valence-electron chi connectivity index (χ3n) is 2.78. The molecule has 96 valence electrons. The maximum absolute atomic E-state index is 11.6. The van der Waals surface area contributed by atoms with Crippen LogP contribution in [0.4, 0.5) is 5.69 Å². The molecule has 1 aromatic rings. The molecule has 0 aliphatic rings. The van der Waals surface area contributed by atoms with Crippen LogP contribution in [-0.2, 0) is 9.84 Å². The maximum Gasteiger partial charge on any atom is 0.178 e. The summed E-state index contributed by atoms with van der Waals surface area (Å²) in [4.78, 5) is 0.360. The Hall–Kier alpha value is -1.07. The van der Waals surface area contributed by atoms with Crippen molar-refractivity contribution in [2.45, 2.75) is 37.8 Å². The molecule has 5 heteroatoms. The van der Waals surface area contributed by atoms with Gasteiger partial charge in [-0.1, -0.05) is 6.92 Å². The molecule has 0 fully saturated rings. The molecule has 0 aliphatic heterocycles. The summed E-state index contributed by atoms with van der Waals surface area (Å²) in [5, 5.41) is 3.22. The van der Waals surface area contributed by atoms with E-state index in [0.717, 1.165) is 5.69 Å². The van der Waals surface area contributed by atoms with E-state index >= 15 is 0 Å². The van der Waals surface area contributed by atoms with Gasteiger partial charge in [0.05, 0.1) is 10.6 Å². The lowest BCUT2D eigenvalue weighted by molar-refractivity contribution is 0.597. The summed E-state index contributed by atoms with van der Waals surface area (Å²) in [5.74, 6) is 0.121. The third-order valence-corrected chi connectivity index (χ3v) is 4.53. The van der Waals surface area contributed by atoms with E-state index in [0.29, 0.717) is 4.90 Å². The van der Waals surface area contributed by atoms with Gasteiger partial charge < -0.3 is 11.1 Å². The first-order valence-corrected chi connectivity index (χ1v) is 7.37. The van der Waals surface area contributed by atoms with Gasteiger partial charge in [-0.15, -0.1) is 0 Å². The molecule has 2 atom stereocenters. The number of nitrogens with two attached hydrogens (primary N) is 1. The van der Waals surface area contributed by atoms with Gasteiger partial charge in [-0.05, 0) is 38.1 Å². The summed E-state index contributed by atoms with van der Waals surface area (Å²) in [6, 6.07) is 6.95. The van der Waals surface area contributed by atoms with E-state index in [1.807, 2.05) is 13.8 Å². The van der Waals surface area contributed by atoms with Gasteiger partial charge in [-0.2, -0.15) is 0 Å². The van der Waals surface area contributed by atoms with Crippen molar-refractivity contribution in [3.05, 3.63) is 24.3 Å². The summed E-state index contributed by atoms with van der Waals surface area (Å²) in [7, 11) is -3.11. The SMILES string of the molecule is CCS(=O)(=O)c1ccc(NC(C)C(C)N)cc1. The van der Waals surface area contributed by atoms with Crippen molar-refractivity contribution >= 4 is 15.5 Å². The lowest BCUT2D eigenvalue weighted by Gasteiger charge is -2.18. The van der Waals surface area contributed by atoms with E-state index in [1.54, 1.807) is 31.2 Å². The Morgan fingerprint density at radius 3 is 2.18 bits per heavy atom. The van der Waals surface area contributed by atoms with Crippen molar-refractivity contribution < 1.29 is 8.42 Å². The van der Waals surface area contributed by atoms with Crippen molar-refractivity contribution in [1.29, 1.82) is 0 Å². The van der Waals surface area contributed by atoms with E-state index in [9.17, 15) is 8.42 Å². The zero-order valence-electron chi connectivity index (χ0n) is 10.5. The second-order valence-corrected chi connectivity index (χ2v) is 6.50. The molecule has 17 heavy (non-hydrogen) atoms. The van der Waals surface area contributed by atoms with Gasteiger partial charge in [0.15, 0.2) is 9.84 Å². The van der Waals surface area contributed by atoms with E-state index in [-0.39, 0.29) is 17.8 Å². The summed E-state index contributed by atoms with van der Waals surface area (Å²) in [5.41, 5.74) is 6.63. The molecule has 0 spiro atoms. The van der Waals surface area contributed by atoms with Crippen LogP contribution in [0.5, 0.6) is 0 Å². The minimum Gasteiger partial charge on any atom is -0.381 e. The predicted molar refractivity (Wildman–Crippen MR) is 70.9 cm³/mol. The Kier molecular flexibility index (Phi) is 4.54. The lowest BCUT2D eigenvalue weighted by Crippen LogP contribution is -2.35. The molecule has 1 rings (SSSR count). The molecule has 2 unspecified atom stereocenters. The first kappa shape index (κ1) is 14.0. The van der Waals surface area contributed by atoms with Gasteiger partial charge in [-0.25, -0.2) is 8.42 Å². The average Bonchev–Trinajstić information content (AvgIpc) is 2.29. The number of hydrogen-bond donors (Lipinski definition) is 2.